The van der Waals surface area contributed by atoms with E-state index in [1.807, 2.05) is 13.8 Å². The minimum Gasteiger partial charge on any atom is -0.481 e. The highest BCUT2D eigenvalue weighted by atomic mass is 16.7. The van der Waals surface area contributed by atoms with E-state index in [1.165, 1.54) is 0 Å². The monoisotopic (exact) mass is 202 g/mol. The van der Waals surface area contributed by atoms with Crippen molar-refractivity contribution in [2.75, 3.05) is 13.2 Å². The van der Waals surface area contributed by atoms with Gasteiger partial charge in [-0.15, -0.1) is 0 Å². The summed E-state index contributed by atoms with van der Waals surface area (Å²) in [7, 11) is 0. The molecule has 1 atom stereocenters. The average Bonchev–Trinajstić information content (AvgIpc) is 2.48. The molecule has 0 unspecified atom stereocenters. The van der Waals surface area contributed by atoms with Gasteiger partial charge in [0.15, 0.2) is 5.79 Å². The van der Waals surface area contributed by atoms with Gasteiger partial charge in [0, 0.05) is 0 Å². The van der Waals surface area contributed by atoms with Gasteiger partial charge in [-0.25, -0.2) is 0 Å². The van der Waals surface area contributed by atoms with Crippen LogP contribution < -0.4 is 0 Å². The molecular formula is C10H18O4. The van der Waals surface area contributed by atoms with Gasteiger partial charge >= 0.3 is 5.97 Å². The number of hydrogen-bond donors (Lipinski definition) is 1. The predicted octanol–water partition coefficient (Wildman–Crippen LogP) is 1.50. The zero-order valence-corrected chi connectivity index (χ0v) is 8.95. The van der Waals surface area contributed by atoms with Crippen LogP contribution in [0.5, 0.6) is 0 Å². The fraction of sp³-hybridized carbons (Fsp3) is 0.900. The van der Waals surface area contributed by atoms with Crippen LogP contribution >= 0.6 is 0 Å². The number of aliphatic carboxylic acids is 1. The van der Waals surface area contributed by atoms with Crippen LogP contribution in [0.25, 0.3) is 0 Å². The Morgan fingerprint density at radius 1 is 1.43 bits per heavy atom. The van der Waals surface area contributed by atoms with Crippen LogP contribution in [0.1, 0.15) is 27.2 Å². The number of ether oxygens (including phenoxy) is 2. The third kappa shape index (κ3) is 2.45. The molecule has 1 fully saturated rings. The van der Waals surface area contributed by atoms with Gasteiger partial charge in [-0.05, 0) is 19.3 Å². The largest absolute Gasteiger partial charge is 0.481 e. The molecule has 1 aliphatic rings. The lowest BCUT2D eigenvalue weighted by Crippen LogP contribution is -2.41. The first-order valence-corrected chi connectivity index (χ1v) is 4.96. The number of hydrogen-bond acceptors (Lipinski definition) is 3. The van der Waals surface area contributed by atoms with Crippen molar-refractivity contribution >= 4 is 5.97 Å². The fourth-order valence-electron chi connectivity index (χ4n) is 1.74. The molecule has 82 valence electrons. The first-order valence-electron chi connectivity index (χ1n) is 4.96. The topological polar surface area (TPSA) is 55.8 Å². The summed E-state index contributed by atoms with van der Waals surface area (Å²) in [6.45, 7) is 6.67. The van der Waals surface area contributed by atoms with Crippen LogP contribution in [-0.4, -0.2) is 30.1 Å². The average molecular weight is 202 g/mol. The predicted molar refractivity (Wildman–Crippen MR) is 50.9 cm³/mol. The van der Waals surface area contributed by atoms with Gasteiger partial charge in [0.2, 0.25) is 0 Å². The molecule has 1 N–H and O–H groups in total. The van der Waals surface area contributed by atoms with E-state index in [9.17, 15) is 4.79 Å². The maximum Gasteiger partial charge on any atom is 0.311 e. The number of carboxylic acid groups (broad SMARTS) is 1. The number of rotatable bonds is 4. The highest BCUT2D eigenvalue weighted by Gasteiger charge is 2.44. The van der Waals surface area contributed by atoms with Gasteiger partial charge < -0.3 is 14.6 Å². The third-order valence-corrected chi connectivity index (χ3v) is 2.50. The second kappa shape index (κ2) is 4.28. The molecule has 0 aliphatic carbocycles. The second-order valence-corrected chi connectivity index (χ2v) is 4.23. The third-order valence-electron chi connectivity index (χ3n) is 2.50. The van der Waals surface area contributed by atoms with Crippen molar-refractivity contribution in [2.45, 2.75) is 33.0 Å². The van der Waals surface area contributed by atoms with Gasteiger partial charge in [0.25, 0.3) is 0 Å². The zero-order valence-electron chi connectivity index (χ0n) is 8.95. The standard InChI is InChI=1S/C10H18O4/c1-7(2)6-8(9(11)12)10(3)13-4-5-14-10/h7-8H,4-6H2,1-3H3,(H,11,12)/t8-/m1/s1. The quantitative estimate of drug-likeness (QED) is 0.750. The molecule has 0 bridgehead atoms. The van der Waals surface area contributed by atoms with Gasteiger partial charge in [0.05, 0.1) is 13.2 Å². The highest BCUT2D eigenvalue weighted by Crippen LogP contribution is 2.32. The van der Waals surface area contributed by atoms with E-state index in [4.69, 9.17) is 14.6 Å². The molecule has 4 heteroatoms. The zero-order chi connectivity index (χ0) is 10.8. The van der Waals surface area contributed by atoms with E-state index in [-0.39, 0.29) is 0 Å². The van der Waals surface area contributed by atoms with E-state index >= 15 is 0 Å². The summed E-state index contributed by atoms with van der Waals surface area (Å²) in [5.41, 5.74) is 0. The van der Waals surface area contributed by atoms with Crippen molar-refractivity contribution in [3.63, 3.8) is 0 Å². The minimum absolute atomic E-state index is 0.320. The summed E-state index contributed by atoms with van der Waals surface area (Å²) in [5.74, 6) is -2.04. The number of carbonyl (C=O) groups is 1. The Morgan fingerprint density at radius 2 is 1.93 bits per heavy atom. The lowest BCUT2D eigenvalue weighted by Gasteiger charge is -2.30. The van der Waals surface area contributed by atoms with Crippen molar-refractivity contribution in [1.82, 2.24) is 0 Å². The maximum absolute atomic E-state index is 11.1. The summed E-state index contributed by atoms with van der Waals surface area (Å²) in [5, 5.41) is 9.09. The highest BCUT2D eigenvalue weighted by molar-refractivity contribution is 5.71. The smallest absolute Gasteiger partial charge is 0.311 e. The van der Waals surface area contributed by atoms with Crippen molar-refractivity contribution in [1.29, 1.82) is 0 Å². The van der Waals surface area contributed by atoms with Crippen LogP contribution in [0.2, 0.25) is 0 Å². The van der Waals surface area contributed by atoms with Gasteiger partial charge in [-0.2, -0.15) is 0 Å². The Bertz CT molecular complexity index is 206. The molecule has 0 saturated carbocycles. The Labute approximate surface area is 84.2 Å². The molecule has 1 aliphatic heterocycles. The van der Waals surface area contributed by atoms with Gasteiger partial charge in [0.1, 0.15) is 5.92 Å². The van der Waals surface area contributed by atoms with Crippen molar-refractivity contribution in [2.24, 2.45) is 11.8 Å². The summed E-state index contributed by atoms with van der Waals surface area (Å²) in [6.07, 6.45) is 0.575. The van der Waals surface area contributed by atoms with Crippen LogP contribution in [0.4, 0.5) is 0 Å². The molecule has 14 heavy (non-hydrogen) atoms. The van der Waals surface area contributed by atoms with E-state index in [2.05, 4.69) is 0 Å². The van der Waals surface area contributed by atoms with Gasteiger partial charge in [-0.1, -0.05) is 13.8 Å². The normalized spacial score (nSPS) is 22.6. The van der Waals surface area contributed by atoms with Crippen LogP contribution in [0.15, 0.2) is 0 Å². The van der Waals surface area contributed by atoms with Crippen LogP contribution in [0, 0.1) is 11.8 Å². The summed E-state index contributed by atoms with van der Waals surface area (Å²) in [6, 6.07) is 0. The Hall–Kier alpha value is -0.610. The SMILES string of the molecule is CC(C)C[C@H](C(=O)O)C1(C)OCCO1. The summed E-state index contributed by atoms with van der Waals surface area (Å²) >= 11 is 0. The van der Waals surface area contributed by atoms with Gasteiger partial charge in [-0.3, -0.25) is 4.79 Å². The molecule has 0 amide bonds. The molecule has 0 aromatic heterocycles. The molecule has 0 aromatic carbocycles. The van der Waals surface area contributed by atoms with Crippen molar-refractivity contribution < 1.29 is 19.4 Å². The molecule has 0 aromatic rings. The minimum atomic E-state index is -0.934. The van der Waals surface area contributed by atoms with Crippen molar-refractivity contribution in [3.8, 4) is 0 Å². The molecule has 4 nitrogen and oxygen atoms in total. The van der Waals surface area contributed by atoms with Crippen LogP contribution in [-0.2, 0) is 14.3 Å². The molecule has 0 spiro atoms. The molecule has 1 heterocycles. The first-order chi connectivity index (χ1) is 6.46. The first kappa shape index (κ1) is 11.5. The maximum atomic E-state index is 11.1. The molecule has 1 saturated heterocycles. The lowest BCUT2D eigenvalue weighted by molar-refractivity contribution is -0.199. The van der Waals surface area contributed by atoms with E-state index in [0.717, 1.165) is 0 Å². The Kier molecular flexibility index (Phi) is 3.50. The lowest BCUT2D eigenvalue weighted by atomic mass is 9.90. The summed E-state index contributed by atoms with van der Waals surface area (Å²) in [4.78, 5) is 11.1. The van der Waals surface area contributed by atoms with E-state index in [1.54, 1.807) is 6.92 Å². The molecule has 0 radical (unpaired) electrons. The van der Waals surface area contributed by atoms with E-state index in [0.29, 0.717) is 25.6 Å². The molecular weight excluding hydrogens is 184 g/mol. The molecule has 1 rings (SSSR count). The van der Waals surface area contributed by atoms with E-state index < -0.39 is 17.7 Å². The fourth-order valence-corrected chi connectivity index (χ4v) is 1.74. The van der Waals surface area contributed by atoms with Crippen molar-refractivity contribution in [3.05, 3.63) is 0 Å². The Balaban J connectivity index is 2.70. The number of carboxylic acids is 1. The second-order valence-electron chi connectivity index (χ2n) is 4.23. The van der Waals surface area contributed by atoms with Crippen LogP contribution in [0.3, 0.4) is 0 Å². The summed E-state index contributed by atoms with van der Waals surface area (Å²) < 4.78 is 10.7. The Morgan fingerprint density at radius 3 is 2.29 bits per heavy atom.